The van der Waals surface area contributed by atoms with E-state index >= 15 is 0 Å². The van der Waals surface area contributed by atoms with Gasteiger partial charge in [-0.15, -0.1) is 0 Å². The van der Waals surface area contributed by atoms with Crippen molar-refractivity contribution in [1.82, 2.24) is 0 Å². The Morgan fingerprint density at radius 2 is 2.19 bits per heavy atom. The summed E-state index contributed by atoms with van der Waals surface area (Å²) < 4.78 is 30.0. The van der Waals surface area contributed by atoms with Crippen LogP contribution in [-0.4, -0.2) is 32.0 Å². The zero-order valence-electron chi connectivity index (χ0n) is 14.9. The van der Waals surface area contributed by atoms with E-state index < -0.39 is 5.82 Å². The molecule has 7 heteroatoms. The molecule has 27 heavy (non-hydrogen) atoms. The van der Waals surface area contributed by atoms with Crippen molar-refractivity contribution >= 4 is 23.6 Å². The van der Waals surface area contributed by atoms with E-state index in [1.807, 2.05) is 6.07 Å². The smallest absolute Gasteiger partial charge is 0.189 e. The van der Waals surface area contributed by atoms with Crippen LogP contribution in [0.15, 0.2) is 41.3 Å². The fraction of sp³-hybridized carbons (Fsp3) is 0.250. The maximum absolute atomic E-state index is 13.8. The molecule has 0 bridgehead atoms. The Labute approximate surface area is 161 Å². The molecule has 0 radical (unpaired) electrons. The maximum atomic E-state index is 13.8. The van der Waals surface area contributed by atoms with Gasteiger partial charge in [-0.1, -0.05) is 23.9 Å². The molecule has 1 aliphatic rings. The number of hydrogen-bond acceptors (Lipinski definition) is 6. The molecule has 2 N–H and O–H groups in total. The molecule has 2 aromatic carbocycles. The Balaban J connectivity index is 1.83. The second-order valence-electron chi connectivity index (χ2n) is 5.78. The zero-order valence-corrected chi connectivity index (χ0v) is 15.7. The number of ether oxygens (including phenoxy) is 3. The number of ketones is 1. The van der Waals surface area contributed by atoms with Crippen LogP contribution in [0.5, 0.6) is 17.2 Å². The maximum Gasteiger partial charge on any atom is 0.189 e. The Bertz CT molecular complexity index is 869. The van der Waals surface area contributed by atoms with Crippen molar-refractivity contribution in [1.29, 1.82) is 0 Å². The summed E-state index contributed by atoms with van der Waals surface area (Å²) in [5.74, 6) is 1.09. The summed E-state index contributed by atoms with van der Waals surface area (Å²) in [4.78, 5) is 13.6. The number of allylic oxidation sites excluding steroid dienone is 1. The number of benzene rings is 2. The minimum absolute atomic E-state index is 0.155. The summed E-state index contributed by atoms with van der Waals surface area (Å²) in [5.41, 5.74) is 6.46. The van der Waals surface area contributed by atoms with Gasteiger partial charge in [0.2, 0.25) is 0 Å². The number of nitrogens with two attached hydrogens (primary N) is 1. The number of hydrogen-bond donors (Lipinski definition) is 1. The third kappa shape index (κ3) is 4.61. The van der Waals surface area contributed by atoms with Gasteiger partial charge in [-0.3, -0.25) is 4.79 Å². The van der Waals surface area contributed by atoms with Crippen molar-refractivity contribution in [3.8, 4) is 17.2 Å². The van der Waals surface area contributed by atoms with Crippen molar-refractivity contribution in [3.05, 3.63) is 53.4 Å². The molecule has 0 spiro atoms. The number of fused-ring (bicyclic) bond motifs is 1. The van der Waals surface area contributed by atoms with E-state index in [0.29, 0.717) is 48.1 Å². The van der Waals surface area contributed by atoms with Crippen molar-refractivity contribution in [2.75, 3.05) is 26.2 Å². The first-order valence-electron chi connectivity index (χ1n) is 8.45. The molecule has 5 nitrogen and oxygen atoms in total. The highest BCUT2D eigenvalue weighted by atomic mass is 32.2. The van der Waals surface area contributed by atoms with Gasteiger partial charge in [-0.05, 0) is 48.9 Å². The van der Waals surface area contributed by atoms with Gasteiger partial charge in [-0.25, -0.2) is 4.39 Å². The molecule has 2 aromatic rings. The molecule has 0 fully saturated rings. The van der Waals surface area contributed by atoms with E-state index in [-0.39, 0.29) is 11.5 Å². The van der Waals surface area contributed by atoms with Gasteiger partial charge in [0.05, 0.1) is 24.2 Å². The van der Waals surface area contributed by atoms with Gasteiger partial charge in [0.1, 0.15) is 17.4 Å². The lowest BCUT2D eigenvalue weighted by Crippen LogP contribution is -2.08. The molecule has 0 saturated heterocycles. The van der Waals surface area contributed by atoms with Crippen LogP contribution in [0.2, 0.25) is 0 Å². The monoisotopic (exact) mass is 389 g/mol. The SMILES string of the molecule is COc1ccc(C=CC(=O)c2cc3c(cc2OCCCN)SCO3)cc1F. The van der Waals surface area contributed by atoms with E-state index in [0.717, 1.165) is 4.90 Å². The standard InChI is InChI=1S/C20H20FNO4S/c1-24-17-6-4-13(9-15(17)21)3-5-16(23)14-10-19-20(27-12-26-19)11-18(14)25-8-2-7-22/h3-6,9-11H,2,7-8,12,22H2,1H3. The molecule has 0 atom stereocenters. The minimum Gasteiger partial charge on any atom is -0.494 e. The summed E-state index contributed by atoms with van der Waals surface area (Å²) in [5, 5.41) is 0. The van der Waals surface area contributed by atoms with Gasteiger partial charge in [0.15, 0.2) is 17.3 Å². The number of carbonyl (C=O) groups is 1. The lowest BCUT2D eigenvalue weighted by Gasteiger charge is -2.11. The van der Waals surface area contributed by atoms with Crippen LogP contribution in [0.1, 0.15) is 22.3 Å². The topological polar surface area (TPSA) is 70.8 Å². The van der Waals surface area contributed by atoms with Gasteiger partial charge < -0.3 is 19.9 Å². The van der Waals surface area contributed by atoms with E-state index in [1.165, 1.54) is 25.3 Å². The van der Waals surface area contributed by atoms with Gasteiger partial charge in [0, 0.05) is 0 Å². The first-order valence-corrected chi connectivity index (χ1v) is 9.43. The Morgan fingerprint density at radius 1 is 1.33 bits per heavy atom. The second-order valence-corrected chi connectivity index (χ2v) is 6.75. The first-order chi connectivity index (χ1) is 13.1. The van der Waals surface area contributed by atoms with Gasteiger partial charge in [-0.2, -0.15) is 0 Å². The van der Waals surface area contributed by atoms with E-state index in [4.69, 9.17) is 19.9 Å². The van der Waals surface area contributed by atoms with E-state index in [2.05, 4.69) is 0 Å². The summed E-state index contributed by atoms with van der Waals surface area (Å²) in [6, 6.07) is 8.00. The Hall–Kier alpha value is -2.51. The minimum atomic E-state index is -0.485. The number of carbonyl (C=O) groups excluding carboxylic acids is 1. The van der Waals surface area contributed by atoms with Crippen LogP contribution in [-0.2, 0) is 0 Å². The van der Waals surface area contributed by atoms with Crippen molar-refractivity contribution < 1.29 is 23.4 Å². The number of thioether (sulfide) groups is 1. The third-order valence-corrected chi connectivity index (χ3v) is 4.82. The molecule has 0 saturated carbocycles. The predicted molar refractivity (Wildman–Crippen MR) is 103 cm³/mol. The van der Waals surface area contributed by atoms with Crippen LogP contribution < -0.4 is 19.9 Å². The normalized spacial score (nSPS) is 12.7. The molecule has 0 unspecified atom stereocenters. The molecule has 1 aliphatic heterocycles. The average Bonchev–Trinajstić information content (AvgIpc) is 3.13. The molecule has 3 rings (SSSR count). The zero-order chi connectivity index (χ0) is 19.2. The summed E-state index contributed by atoms with van der Waals surface area (Å²) in [6.07, 6.45) is 3.63. The average molecular weight is 389 g/mol. The molecule has 0 aromatic heterocycles. The van der Waals surface area contributed by atoms with E-state index in [9.17, 15) is 9.18 Å². The third-order valence-electron chi connectivity index (χ3n) is 3.95. The van der Waals surface area contributed by atoms with E-state index in [1.54, 1.807) is 30.0 Å². The summed E-state index contributed by atoms with van der Waals surface area (Å²) >= 11 is 1.55. The van der Waals surface area contributed by atoms with Crippen LogP contribution in [0.3, 0.4) is 0 Å². The number of rotatable bonds is 8. The molecular weight excluding hydrogens is 369 g/mol. The number of methoxy groups -OCH3 is 1. The predicted octanol–water partition coefficient (Wildman–Crippen LogP) is 3.90. The highest BCUT2D eigenvalue weighted by Gasteiger charge is 2.20. The first kappa shape index (κ1) is 19.3. The fourth-order valence-electron chi connectivity index (χ4n) is 2.55. The molecular formula is C20H20FNO4S. The molecule has 1 heterocycles. The lowest BCUT2D eigenvalue weighted by atomic mass is 10.1. The molecule has 0 aliphatic carbocycles. The quantitative estimate of drug-likeness (QED) is 0.419. The highest BCUT2D eigenvalue weighted by Crippen LogP contribution is 2.41. The highest BCUT2D eigenvalue weighted by molar-refractivity contribution is 7.99. The van der Waals surface area contributed by atoms with Crippen molar-refractivity contribution in [3.63, 3.8) is 0 Å². The Morgan fingerprint density at radius 3 is 2.93 bits per heavy atom. The van der Waals surface area contributed by atoms with Crippen LogP contribution in [0.25, 0.3) is 6.08 Å². The number of halogens is 1. The fourth-order valence-corrected chi connectivity index (χ4v) is 3.31. The Kier molecular flexibility index (Phi) is 6.36. The molecule has 142 valence electrons. The van der Waals surface area contributed by atoms with Gasteiger partial charge in [0.25, 0.3) is 0 Å². The van der Waals surface area contributed by atoms with Gasteiger partial charge >= 0.3 is 0 Å². The summed E-state index contributed by atoms with van der Waals surface area (Å²) in [7, 11) is 1.40. The second kappa shape index (κ2) is 8.92. The summed E-state index contributed by atoms with van der Waals surface area (Å²) in [6.45, 7) is 0.934. The molecule has 0 amide bonds. The lowest BCUT2D eigenvalue weighted by molar-refractivity contribution is 0.104. The van der Waals surface area contributed by atoms with Crippen molar-refractivity contribution in [2.24, 2.45) is 5.73 Å². The van der Waals surface area contributed by atoms with Crippen LogP contribution >= 0.6 is 11.8 Å². The van der Waals surface area contributed by atoms with Crippen LogP contribution in [0.4, 0.5) is 4.39 Å². The largest absolute Gasteiger partial charge is 0.494 e. The van der Waals surface area contributed by atoms with Crippen LogP contribution in [0, 0.1) is 5.82 Å². The van der Waals surface area contributed by atoms with Crippen molar-refractivity contribution in [2.45, 2.75) is 11.3 Å².